The van der Waals surface area contributed by atoms with Crippen molar-refractivity contribution in [2.24, 2.45) is 0 Å². The molecule has 0 amide bonds. The van der Waals surface area contributed by atoms with Crippen LogP contribution in [-0.2, 0) is 16.0 Å². The van der Waals surface area contributed by atoms with Gasteiger partial charge in [0.05, 0.1) is 12.0 Å². The summed E-state index contributed by atoms with van der Waals surface area (Å²) >= 11 is 1.55. The first kappa shape index (κ1) is 21.4. The number of hydrogen-bond donors (Lipinski definition) is 1. The first-order valence-corrected chi connectivity index (χ1v) is 11.4. The molecule has 7 nitrogen and oxygen atoms in total. The van der Waals surface area contributed by atoms with E-state index >= 15 is 0 Å². The van der Waals surface area contributed by atoms with Crippen LogP contribution in [0.3, 0.4) is 0 Å². The van der Waals surface area contributed by atoms with Gasteiger partial charge in [0, 0.05) is 24.5 Å². The average Bonchev–Trinajstić information content (AvgIpc) is 3.19. The number of esters is 1. The van der Waals surface area contributed by atoms with Crippen molar-refractivity contribution in [1.82, 2.24) is 15.3 Å². The monoisotopic (exact) mass is 438 g/mol. The van der Waals surface area contributed by atoms with E-state index in [1.54, 1.807) is 25.2 Å². The summed E-state index contributed by atoms with van der Waals surface area (Å²) < 4.78 is 5.07. The van der Waals surface area contributed by atoms with E-state index in [-0.39, 0.29) is 24.3 Å². The van der Waals surface area contributed by atoms with Crippen LogP contribution in [0, 0.1) is 0 Å². The molecule has 8 heteroatoms. The predicted octanol–water partition coefficient (Wildman–Crippen LogP) is 3.46. The highest BCUT2D eigenvalue weighted by atomic mass is 32.1. The highest BCUT2D eigenvalue weighted by Gasteiger charge is 2.30. The second-order valence-corrected chi connectivity index (χ2v) is 8.59. The molecule has 1 saturated heterocycles. The van der Waals surface area contributed by atoms with Crippen molar-refractivity contribution in [2.45, 2.75) is 33.2 Å². The van der Waals surface area contributed by atoms with Crippen LogP contribution in [0.25, 0.3) is 21.3 Å². The number of anilines is 1. The Kier molecular flexibility index (Phi) is 6.29. The Labute approximate surface area is 185 Å². The van der Waals surface area contributed by atoms with Gasteiger partial charge >= 0.3 is 5.97 Å². The molecule has 0 radical (unpaired) electrons. The highest BCUT2D eigenvalue weighted by Crippen LogP contribution is 2.33. The molecule has 0 spiro atoms. The van der Waals surface area contributed by atoms with E-state index in [0.717, 1.165) is 23.2 Å². The van der Waals surface area contributed by atoms with E-state index in [4.69, 9.17) is 4.74 Å². The number of nitrogens with one attached hydrogen (secondary N) is 1. The van der Waals surface area contributed by atoms with E-state index in [0.29, 0.717) is 18.9 Å². The second-order valence-electron chi connectivity index (χ2n) is 7.48. The lowest BCUT2D eigenvalue weighted by Gasteiger charge is -2.35. The van der Waals surface area contributed by atoms with Gasteiger partial charge in [0.1, 0.15) is 16.7 Å². The zero-order valence-electron chi connectivity index (χ0n) is 18.0. The first-order valence-electron chi connectivity index (χ1n) is 10.6. The maximum Gasteiger partial charge on any atom is 0.376 e. The van der Waals surface area contributed by atoms with Gasteiger partial charge in [-0.25, -0.2) is 14.8 Å². The van der Waals surface area contributed by atoms with Crippen LogP contribution in [0.1, 0.15) is 36.3 Å². The van der Waals surface area contributed by atoms with Gasteiger partial charge in [-0.2, -0.15) is 0 Å². The Morgan fingerprint density at radius 3 is 2.45 bits per heavy atom. The normalized spacial score (nSPS) is 16.5. The standard InChI is InChI=1S/C17H22N4O3S.C6H4/c1-4-11-8-12-15(21-7-6-18-9-13(21)10(3)22)19-14(17(23)24-5-2)20-16(12)25-11;1-2-6-4-3-5(1)6/h8,13,18H,4-7,9H2,1-3H3;1-4H. The molecular weight excluding hydrogens is 412 g/mol. The minimum Gasteiger partial charge on any atom is -0.460 e. The van der Waals surface area contributed by atoms with Crippen LogP contribution in [-0.4, -0.2) is 54.0 Å². The van der Waals surface area contributed by atoms with E-state index in [1.807, 2.05) is 4.90 Å². The number of carbonyl (C=O) groups excluding carboxylic acids is 2. The number of aryl methyl sites for hydroxylation is 1. The van der Waals surface area contributed by atoms with Crippen molar-refractivity contribution in [3.8, 4) is 11.1 Å². The van der Waals surface area contributed by atoms with Gasteiger partial charge in [-0.05, 0) is 37.5 Å². The van der Waals surface area contributed by atoms with Crippen molar-refractivity contribution < 1.29 is 14.3 Å². The molecule has 0 aromatic carbocycles. The second kappa shape index (κ2) is 9.11. The van der Waals surface area contributed by atoms with E-state index in [2.05, 4.69) is 52.5 Å². The molecule has 2 aliphatic carbocycles. The molecule has 0 saturated carbocycles. The molecule has 0 bridgehead atoms. The number of hydrogen-bond acceptors (Lipinski definition) is 8. The number of Topliss-reactive ketones (excluding diaryl/α,β-unsaturated/α-hetero) is 1. The number of rotatable bonds is 5. The van der Waals surface area contributed by atoms with Crippen molar-refractivity contribution in [1.29, 1.82) is 0 Å². The van der Waals surface area contributed by atoms with Crippen LogP contribution in [0.4, 0.5) is 5.82 Å². The van der Waals surface area contributed by atoms with Crippen molar-refractivity contribution in [2.75, 3.05) is 31.1 Å². The molecule has 1 N–H and O–H groups in total. The number of thiophene rings is 1. The fraction of sp³-hybridized carbons (Fsp3) is 0.391. The number of carbonyl (C=O) groups is 2. The molecule has 5 rings (SSSR count). The molecule has 1 unspecified atom stereocenters. The van der Waals surface area contributed by atoms with E-state index in [9.17, 15) is 9.59 Å². The molecule has 162 valence electrons. The molecule has 3 aliphatic rings. The topological polar surface area (TPSA) is 84.4 Å². The lowest BCUT2D eigenvalue weighted by molar-refractivity contribution is -0.118. The average molecular weight is 439 g/mol. The summed E-state index contributed by atoms with van der Waals surface area (Å²) in [5.74, 6) is 0.231. The SMILES string of the molecule is CCOC(=O)c1nc(N2CCNCC2C(C)=O)c2cc(CC)sc2n1.c1cc2ccc1-2. The Morgan fingerprint density at radius 1 is 1.19 bits per heavy atom. The maximum atomic E-state index is 12.2. The molecule has 1 fully saturated rings. The van der Waals surface area contributed by atoms with Gasteiger partial charge in [-0.3, -0.25) is 4.79 Å². The third-order valence-electron chi connectivity index (χ3n) is 5.43. The van der Waals surface area contributed by atoms with Gasteiger partial charge in [0.2, 0.25) is 5.82 Å². The Morgan fingerprint density at radius 2 is 1.90 bits per heavy atom. The molecular formula is C23H26N4O3S. The number of aromatic nitrogens is 2. The number of ketones is 1. The summed E-state index contributed by atoms with van der Waals surface area (Å²) in [6.07, 6.45) is 0.882. The highest BCUT2D eigenvalue weighted by molar-refractivity contribution is 7.18. The Balaban J connectivity index is 0.000000325. The number of benzene rings is 1. The summed E-state index contributed by atoms with van der Waals surface area (Å²) in [6.45, 7) is 7.66. The summed E-state index contributed by atoms with van der Waals surface area (Å²) in [5.41, 5.74) is 2.85. The minimum atomic E-state index is -0.536. The number of nitrogens with zero attached hydrogens (tertiary/aromatic N) is 3. The van der Waals surface area contributed by atoms with Crippen molar-refractivity contribution >= 4 is 39.1 Å². The number of ether oxygens (including phenoxy) is 1. The number of piperazine rings is 1. The maximum absolute atomic E-state index is 12.2. The van der Waals surface area contributed by atoms with Gasteiger partial charge in [-0.15, -0.1) is 11.3 Å². The van der Waals surface area contributed by atoms with Crippen LogP contribution in [0.2, 0.25) is 0 Å². The third kappa shape index (κ3) is 4.31. The molecule has 1 atom stereocenters. The predicted molar refractivity (Wildman–Crippen MR) is 123 cm³/mol. The fourth-order valence-electron chi connectivity index (χ4n) is 3.62. The summed E-state index contributed by atoms with van der Waals surface area (Å²) in [6, 6.07) is 10.2. The molecule has 1 aliphatic heterocycles. The number of fused-ring (bicyclic) bond motifs is 2. The van der Waals surface area contributed by atoms with E-state index in [1.165, 1.54) is 16.0 Å². The zero-order valence-corrected chi connectivity index (χ0v) is 18.8. The van der Waals surface area contributed by atoms with Gasteiger partial charge in [0.25, 0.3) is 0 Å². The van der Waals surface area contributed by atoms with Crippen molar-refractivity contribution in [3.05, 3.63) is 41.0 Å². The van der Waals surface area contributed by atoms with Crippen molar-refractivity contribution in [3.63, 3.8) is 0 Å². The summed E-state index contributed by atoms with van der Waals surface area (Å²) in [7, 11) is 0. The molecule has 3 heterocycles. The van der Waals surface area contributed by atoms with Gasteiger partial charge < -0.3 is 15.0 Å². The van der Waals surface area contributed by atoms with Crippen LogP contribution < -0.4 is 10.2 Å². The largest absolute Gasteiger partial charge is 0.460 e. The quantitative estimate of drug-likeness (QED) is 0.478. The fourth-order valence-corrected chi connectivity index (χ4v) is 4.58. The van der Waals surface area contributed by atoms with Crippen LogP contribution in [0.15, 0.2) is 30.3 Å². The summed E-state index contributed by atoms with van der Waals surface area (Å²) in [4.78, 5) is 37.1. The van der Waals surface area contributed by atoms with Crippen LogP contribution >= 0.6 is 11.3 Å². The molecule has 31 heavy (non-hydrogen) atoms. The molecule has 2 aromatic rings. The van der Waals surface area contributed by atoms with Gasteiger partial charge in [-0.1, -0.05) is 31.2 Å². The Bertz CT molecular complexity index is 1090. The summed E-state index contributed by atoms with van der Waals surface area (Å²) in [5, 5.41) is 4.13. The lowest BCUT2D eigenvalue weighted by Crippen LogP contribution is -2.55. The minimum absolute atomic E-state index is 0.0506. The first-order chi connectivity index (χ1) is 15.0. The van der Waals surface area contributed by atoms with Gasteiger partial charge in [0.15, 0.2) is 5.78 Å². The van der Waals surface area contributed by atoms with E-state index < -0.39 is 5.97 Å². The van der Waals surface area contributed by atoms with Crippen LogP contribution in [0.5, 0.6) is 0 Å². The smallest absolute Gasteiger partial charge is 0.376 e. The molecule has 2 aromatic heterocycles. The lowest BCUT2D eigenvalue weighted by atomic mass is 9.95. The zero-order chi connectivity index (χ0) is 22.0. The third-order valence-corrected chi connectivity index (χ3v) is 6.61. The Hall–Kier alpha value is -2.84.